The maximum Gasteiger partial charge on any atom is 0.437 e. The van der Waals surface area contributed by atoms with Gasteiger partial charge in [-0.2, -0.15) is 0 Å². The number of carbonyl (C=O) groups excluding carboxylic acids is 1. The summed E-state index contributed by atoms with van der Waals surface area (Å²) in [5, 5.41) is 5.78. The summed E-state index contributed by atoms with van der Waals surface area (Å²) < 4.78 is 32.6. The summed E-state index contributed by atoms with van der Waals surface area (Å²) in [6.45, 7) is 2.87. The van der Waals surface area contributed by atoms with Crippen LogP contribution in [0.1, 0.15) is 57.4 Å². The van der Waals surface area contributed by atoms with Crippen LogP contribution in [0.5, 0.6) is 5.75 Å². The van der Waals surface area contributed by atoms with Crippen LogP contribution in [0, 0.1) is 11.6 Å². The fourth-order valence-corrected chi connectivity index (χ4v) is 2.79. The second-order valence-corrected chi connectivity index (χ2v) is 6.87. The first-order valence-corrected chi connectivity index (χ1v) is 10.3. The fraction of sp³-hybridized carbons (Fsp3) is 0.391. The number of benzene rings is 2. The number of oxime groups is 1. The van der Waals surface area contributed by atoms with Crippen LogP contribution >= 0.6 is 0 Å². The Hall–Kier alpha value is -2.96. The summed E-state index contributed by atoms with van der Waals surface area (Å²) >= 11 is 0. The van der Waals surface area contributed by atoms with Gasteiger partial charge in [-0.15, -0.1) is 0 Å². The van der Waals surface area contributed by atoms with Crippen LogP contribution in [0.2, 0.25) is 0 Å². The van der Waals surface area contributed by atoms with Gasteiger partial charge in [-0.05, 0) is 42.8 Å². The Bertz CT molecular complexity index is 790. The Morgan fingerprint density at radius 3 is 2.27 bits per heavy atom. The van der Waals surface area contributed by atoms with Gasteiger partial charge >= 0.3 is 6.09 Å². The van der Waals surface area contributed by atoms with E-state index in [1.54, 1.807) is 24.3 Å². The van der Waals surface area contributed by atoms with Crippen LogP contribution in [0.15, 0.2) is 47.6 Å². The highest BCUT2D eigenvalue weighted by atomic mass is 19.1. The predicted molar refractivity (Wildman–Crippen MR) is 114 cm³/mol. The van der Waals surface area contributed by atoms with Gasteiger partial charge in [0.25, 0.3) is 0 Å². The van der Waals surface area contributed by atoms with Gasteiger partial charge in [0, 0.05) is 5.69 Å². The van der Waals surface area contributed by atoms with Gasteiger partial charge in [-0.3, -0.25) is 10.2 Å². The first-order chi connectivity index (χ1) is 14.6. The standard InChI is InChI=1S/C23H28F2N2O3/c1-2-3-4-5-6-7-8-16-29-19-14-12-18(13-15-19)27-23(28)30-26-17-20-21(24)10-9-11-22(20)25/h9-15,17H,2-8,16H2,1H3,(H,27,28)/b26-17+. The Morgan fingerprint density at radius 2 is 1.60 bits per heavy atom. The number of rotatable bonds is 12. The molecule has 2 aromatic rings. The third-order valence-corrected chi connectivity index (χ3v) is 4.43. The Labute approximate surface area is 176 Å². The zero-order valence-electron chi connectivity index (χ0n) is 17.2. The number of anilines is 1. The molecule has 0 aromatic heterocycles. The predicted octanol–water partition coefficient (Wildman–Crippen LogP) is 6.68. The van der Waals surface area contributed by atoms with Gasteiger partial charge < -0.3 is 4.74 Å². The summed E-state index contributed by atoms with van der Waals surface area (Å²) in [5.74, 6) is -0.877. The van der Waals surface area contributed by atoms with E-state index in [4.69, 9.17) is 4.74 Å². The van der Waals surface area contributed by atoms with Gasteiger partial charge in [0.05, 0.1) is 18.4 Å². The monoisotopic (exact) mass is 418 g/mol. The summed E-state index contributed by atoms with van der Waals surface area (Å²) in [7, 11) is 0. The van der Waals surface area contributed by atoms with E-state index in [2.05, 4.69) is 22.2 Å². The molecule has 0 saturated heterocycles. The summed E-state index contributed by atoms with van der Waals surface area (Å²) in [6.07, 6.45) is 8.49. The highest BCUT2D eigenvalue weighted by Gasteiger charge is 2.07. The van der Waals surface area contributed by atoms with Crippen molar-refractivity contribution in [2.24, 2.45) is 5.16 Å². The molecule has 0 aliphatic rings. The van der Waals surface area contributed by atoms with Crippen molar-refractivity contribution in [2.75, 3.05) is 11.9 Å². The lowest BCUT2D eigenvalue weighted by molar-refractivity contribution is 0.167. The average Bonchev–Trinajstić information content (AvgIpc) is 2.73. The van der Waals surface area contributed by atoms with E-state index in [-0.39, 0.29) is 5.56 Å². The third-order valence-electron chi connectivity index (χ3n) is 4.43. The molecule has 0 aliphatic carbocycles. The van der Waals surface area contributed by atoms with Crippen molar-refractivity contribution >= 4 is 18.0 Å². The van der Waals surface area contributed by atoms with Crippen molar-refractivity contribution in [3.05, 3.63) is 59.7 Å². The maximum atomic E-state index is 13.5. The lowest BCUT2D eigenvalue weighted by Gasteiger charge is -2.08. The van der Waals surface area contributed by atoms with Crippen molar-refractivity contribution < 1.29 is 23.1 Å². The second kappa shape index (κ2) is 13.3. The molecule has 7 heteroatoms. The number of carbonyl (C=O) groups is 1. The molecule has 0 bridgehead atoms. The van der Waals surface area contributed by atoms with Crippen molar-refractivity contribution in [1.82, 2.24) is 0 Å². The molecule has 1 amide bonds. The van der Waals surface area contributed by atoms with Crippen LogP contribution in [0.3, 0.4) is 0 Å². The van der Waals surface area contributed by atoms with E-state index >= 15 is 0 Å². The van der Waals surface area contributed by atoms with Crippen LogP contribution in [-0.2, 0) is 4.84 Å². The topological polar surface area (TPSA) is 59.9 Å². The first-order valence-electron chi connectivity index (χ1n) is 10.3. The summed E-state index contributed by atoms with van der Waals surface area (Å²) in [5.41, 5.74) is 0.100. The molecular formula is C23H28F2N2O3. The SMILES string of the molecule is CCCCCCCCCOc1ccc(NC(=O)O/N=C/c2c(F)cccc2F)cc1. The molecule has 0 heterocycles. The fourth-order valence-electron chi connectivity index (χ4n) is 2.79. The Balaban J connectivity index is 1.67. The van der Waals surface area contributed by atoms with Crippen molar-refractivity contribution in [2.45, 2.75) is 51.9 Å². The van der Waals surface area contributed by atoms with Gasteiger partial charge in [-0.25, -0.2) is 13.6 Å². The van der Waals surface area contributed by atoms with Crippen LogP contribution in [0.25, 0.3) is 0 Å². The molecule has 0 spiro atoms. The van der Waals surface area contributed by atoms with Crippen molar-refractivity contribution in [3.63, 3.8) is 0 Å². The Morgan fingerprint density at radius 1 is 0.967 bits per heavy atom. The van der Waals surface area contributed by atoms with Crippen LogP contribution < -0.4 is 10.1 Å². The molecule has 0 fully saturated rings. The molecule has 0 aliphatic heterocycles. The molecule has 0 unspecified atom stereocenters. The molecule has 0 radical (unpaired) electrons. The number of amides is 1. The number of ether oxygens (including phenoxy) is 1. The van der Waals surface area contributed by atoms with Crippen molar-refractivity contribution in [1.29, 1.82) is 0 Å². The number of hydrogen-bond acceptors (Lipinski definition) is 4. The molecule has 2 aromatic carbocycles. The highest BCUT2D eigenvalue weighted by Crippen LogP contribution is 2.17. The molecule has 30 heavy (non-hydrogen) atoms. The smallest absolute Gasteiger partial charge is 0.437 e. The van der Waals surface area contributed by atoms with Crippen LogP contribution in [0.4, 0.5) is 19.3 Å². The number of halogens is 2. The molecule has 0 atom stereocenters. The minimum atomic E-state index is -0.875. The second-order valence-electron chi connectivity index (χ2n) is 6.87. The van der Waals surface area contributed by atoms with Crippen molar-refractivity contribution in [3.8, 4) is 5.75 Å². The third kappa shape index (κ3) is 8.59. The van der Waals surface area contributed by atoms with Gasteiger partial charge in [0.15, 0.2) is 0 Å². The lowest BCUT2D eigenvalue weighted by atomic mass is 10.1. The van der Waals surface area contributed by atoms with E-state index in [0.29, 0.717) is 18.0 Å². The zero-order valence-corrected chi connectivity index (χ0v) is 17.2. The van der Waals surface area contributed by atoms with E-state index < -0.39 is 17.7 Å². The normalized spacial score (nSPS) is 10.9. The summed E-state index contributed by atoms with van der Waals surface area (Å²) in [6, 6.07) is 10.2. The molecule has 2 rings (SSSR count). The summed E-state index contributed by atoms with van der Waals surface area (Å²) in [4.78, 5) is 16.3. The quantitative estimate of drug-likeness (QED) is 0.181. The Kier molecular flexibility index (Phi) is 10.3. The number of unbranched alkanes of at least 4 members (excludes halogenated alkanes) is 6. The maximum absolute atomic E-state index is 13.5. The van der Waals surface area contributed by atoms with Crippen LogP contribution in [-0.4, -0.2) is 18.9 Å². The number of nitrogens with one attached hydrogen (secondary N) is 1. The van der Waals surface area contributed by atoms with E-state index in [0.717, 1.165) is 31.2 Å². The number of hydrogen-bond donors (Lipinski definition) is 1. The molecule has 1 N–H and O–H groups in total. The highest BCUT2D eigenvalue weighted by molar-refractivity contribution is 5.86. The van der Waals surface area contributed by atoms with Gasteiger partial charge in [0.2, 0.25) is 0 Å². The molecule has 162 valence electrons. The number of nitrogens with zero attached hydrogens (tertiary/aromatic N) is 1. The van der Waals surface area contributed by atoms with E-state index in [9.17, 15) is 13.6 Å². The molecular weight excluding hydrogens is 390 g/mol. The largest absolute Gasteiger partial charge is 0.494 e. The first kappa shape index (κ1) is 23.3. The van der Waals surface area contributed by atoms with Gasteiger partial charge in [0.1, 0.15) is 17.4 Å². The molecule has 0 saturated carbocycles. The minimum absolute atomic E-state index is 0.382. The molecule has 5 nitrogen and oxygen atoms in total. The average molecular weight is 418 g/mol. The van der Waals surface area contributed by atoms with E-state index in [1.807, 2.05) is 0 Å². The zero-order chi connectivity index (χ0) is 21.6. The van der Waals surface area contributed by atoms with E-state index in [1.165, 1.54) is 38.2 Å². The van der Waals surface area contributed by atoms with Gasteiger partial charge in [-0.1, -0.05) is 56.7 Å². The lowest BCUT2D eigenvalue weighted by Crippen LogP contribution is -2.11. The minimum Gasteiger partial charge on any atom is -0.494 e.